The van der Waals surface area contributed by atoms with E-state index in [0.717, 1.165) is 26.9 Å². The van der Waals surface area contributed by atoms with Crippen molar-refractivity contribution in [3.05, 3.63) is 63.6 Å². The lowest BCUT2D eigenvalue weighted by Gasteiger charge is -2.02. The summed E-state index contributed by atoms with van der Waals surface area (Å²) in [6, 6.07) is 13.8. The van der Waals surface area contributed by atoms with Gasteiger partial charge in [0.25, 0.3) is 5.91 Å². The zero-order valence-electron chi connectivity index (χ0n) is 10.4. The third-order valence-corrected chi connectivity index (χ3v) is 3.75. The van der Waals surface area contributed by atoms with Crippen molar-refractivity contribution in [3.63, 3.8) is 0 Å². The molecule has 0 saturated heterocycles. The minimum Gasteiger partial charge on any atom is -0.321 e. The second-order valence-corrected chi connectivity index (χ2v) is 5.47. The summed E-state index contributed by atoms with van der Waals surface area (Å²) in [6.45, 7) is 2.04. The van der Waals surface area contributed by atoms with E-state index in [0.29, 0.717) is 5.57 Å². The average molecular weight is 314 g/mol. The molecule has 0 spiro atoms. The van der Waals surface area contributed by atoms with Gasteiger partial charge in [0.2, 0.25) is 0 Å². The van der Waals surface area contributed by atoms with Gasteiger partial charge in [0.05, 0.1) is 0 Å². The van der Waals surface area contributed by atoms with Gasteiger partial charge in [-0.05, 0) is 42.3 Å². The third-order valence-electron chi connectivity index (χ3n) is 3.25. The van der Waals surface area contributed by atoms with Gasteiger partial charge in [-0.1, -0.05) is 40.2 Å². The van der Waals surface area contributed by atoms with E-state index in [9.17, 15) is 4.79 Å². The zero-order valence-corrected chi connectivity index (χ0v) is 12.0. The van der Waals surface area contributed by atoms with E-state index < -0.39 is 0 Å². The molecule has 1 N–H and O–H groups in total. The Morgan fingerprint density at radius 1 is 1.16 bits per heavy atom. The number of benzene rings is 2. The van der Waals surface area contributed by atoms with Gasteiger partial charge in [0.1, 0.15) is 0 Å². The molecular formula is C16H12BrNO. The molecule has 3 heteroatoms. The zero-order chi connectivity index (χ0) is 13.4. The Morgan fingerprint density at radius 2 is 1.95 bits per heavy atom. The highest BCUT2D eigenvalue weighted by atomic mass is 79.9. The van der Waals surface area contributed by atoms with E-state index in [1.165, 1.54) is 0 Å². The molecule has 0 bridgehead atoms. The number of carbonyl (C=O) groups is 1. The van der Waals surface area contributed by atoms with Crippen LogP contribution in [0.5, 0.6) is 0 Å². The van der Waals surface area contributed by atoms with Gasteiger partial charge in [0, 0.05) is 21.3 Å². The summed E-state index contributed by atoms with van der Waals surface area (Å²) >= 11 is 3.45. The van der Waals surface area contributed by atoms with Gasteiger partial charge < -0.3 is 5.32 Å². The Balaban J connectivity index is 2.14. The lowest BCUT2D eigenvalue weighted by atomic mass is 10.0. The summed E-state index contributed by atoms with van der Waals surface area (Å²) in [5.74, 6) is -0.0450. The summed E-state index contributed by atoms with van der Waals surface area (Å²) < 4.78 is 0.971. The number of amides is 1. The Labute approximate surface area is 120 Å². The molecular weight excluding hydrogens is 302 g/mol. The molecule has 0 unspecified atom stereocenters. The lowest BCUT2D eigenvalue weighted by Crippen LogP contribution is -2.03. The quantitative estimate of drug-likeness (QED) is 0.783. The van der Waals surface area contributed by atoms with Crippen LogP contribution in [0.1, 0.15) is 16.7 Å². The highest BCUT2D eigenvalue weighted by molar-refractivity contribution is 9.10. The SMILES string of the molecule is Cc1ccccc1/C=C1\C(=O)Nc2ccc(Br)cc21. The van der Waals surface area contributed by atoms with Crippen molar-refractivity contribution in [1.82, 2.24) is 0 Å². The van der Waals surface area contributed by atoms with Crippen molar-refractivity contribution in [2.75, 3.05) is 5.32 Å². The van der Waals surface area contributed by atoms with Gasteiger partial charge >= 0.3 is 0 Å². The summed E-state index contributed by atoms with van der Waals surface area (Å²) in [7, 11) is 0. The van der Waals surface area contributed by atoms with Crippen LogP contribution in [0.2, 0.25) is 0 Å². The predicted molar refractivity (Wildman–Crippen MR) is 81.8 cm³/mol. The summed E-state index contributed by atoms with van der Waals surface area (Å²) in [5.41, 5.74) is 4.76. The van der Waals surface area contributed by atoms with Gasteiger partial charge in [-0.25, -0.2) is 0 Å². The van der Waals surface area contributed by atoms with Crippen molar-refractivity contribution in [2.24, 2.45) is 0 Å². The first-order chi connectivity index (χ1) is 9.15. The maximum atomic E-state index is 12.1. The first-order valence-electron chi connectivity index (χ1n) is 6.04. The highest BCUT2D eigenvalue weighted by Gasteiger charge is 2.24. The van der Waals surface area contributed by atoms with Crippen LogP contribution < -0.4 is 5.32 Å². The lowest BCUT2D eigenvalue weighted by molar-refractivity contribution is -0.110. The van der Waals surface area contributed by atoms with Gasteiger partial charge in [-0.2, -0.15) is 0 Å². The molecule has 0 atom stereocenters. The molecule has 0 fully saturated rings. The first kappa shape index (κ1) is 12.2. The van der Waals surface area contributed by atoms with Crippen LogP contribution in [-0.2, 0) is 4.79 Å². The van der Waals surface area contributed by atoms with E-state index in [1.54, 1.807) is 0 Å². The van der Waals surface area contributed by atoms with E-state index in [-0.39, 0.29) is 5.91 Å². The second kappa shape index (κ2) is 4.67. The van der Waals surface area contributed by atoms with Crippen molar-refractivity contribution in [2.45, 2.75) is 6.92 Å². The molecule has 3 rings (SSSR count). The molecule has 1 aliphatic heterocycles. The topological polar surface area (TPSA) is 29.1 Å². The van der Waals surface area contributed by atoms with Crippen LogP contribution in [0, 0.1) is 6.92 Å². The number of anilines is 1. The second-order valence-electron chi connectivity index (χ2n) is 4.56. The van der Waals surface area contributed by atoms with Crippen LogP contribution in [0.4, 0.5) is 5.69 Å². The number of nitrogens with one attached hydrogen (secondary N) is 1. The Bertz CT molecular complexity index is 704. The van der Waals surface area contributed by atoms with E-state index in [4.69, 9.17) is 0 Å². The molecule has 19 heavy (non-hydrogen) atoms. The minimum atomic E-state index is -0.0450. The normalized spacial score (nSPS) is 15.5. The number of hydrogen-bond donors (Lipinski definition) is 1. The molecule has 0 aliphatic carbocycles. The van der Waals surface area contributed by atoms with Crippen LogP contribution in [0.25, 0.3) is 11.6 Å². The molecule has 1 heterocycles. The van der Waals surface area contributed by atoms with Crippen LogP contribution >= 0.6 is 15.9 Å². The maximum absolute atomic E-state index is 12.1. The van der Waals surface area contributed by atoms with Crippen molar-refractivity contribution in [3.8, 4) is 0 Å². The van der Waals surface area contributed by atoms with Gasteiger partial charge in [0.15, 0.2) is 0 Å². The molecule has 0 radical (unpaired) electrons. The van der Waals surface area contributed by atoms with Crippen LogP contribution in [-0.4, -0.2) is 5.91 Å². The Kier molecular flexibility index (Phi) is 2.99. The van der Waals surface area contributed by atoms with Crippen molar-refractivity contribution < 1.29 is 4.79 Å². The Hall–Kier alpha value is -1.87. The third kappa shape index (κ3) is 2.22. The summed E-state index contributed by atoms with van der Waals surface area (Å²) in [5, 5.41) is 2.89. The Morgan fingerprint density at radius 3 is 2.74 bits per heavy atom. The van der Waals surface area contributed by atoms with Crippen LogP contribution in [0.3, 0.4) is 0 Å². The van der Waals surface area contributed by atoms with E-state index in [2.05, 4.69) is 21.2 Å². The van der Waals surface area contributed by atoms with Gasteiger partial charge in [-0.15, -0.1) is 0 Å². The molecule has 94 valence electrons. The molecule has 0 saturated carbocycles. The fourth-order valence-corrected chi connectivity index (χ4v) is 2.57. The van der Waals surface area contributed by atoms with Crippen molar-refractivity contribution in [1.29, 1.82) is 0 Å². The van der Waals surface area contributed by atoms with Crippen molar-refractivity contribution >= 4 is 39.2 Å². The number of carbonyl (C=O) groups excluding carboxylic acids is 1. The molecule has 2 aromatic carbocycles. The fourth-order valence-electron chi connectivity index (χ4n) is 2.21. The highest BCUT2D eigenvalue weighted by Crippen LogP contribution is 2.35. The first-order valence-corrected chi connectivity index (χ1v) is 6.83. The number of halogens is 1. The molecule has 1 aliphatic rings. The molecule has 2 aromatic rings. The number of hydrogen-bond acceptors (Lipinski definition) is 1. The molecule has 1 amide bonds. The maximum Gasteiger partial charge on any atom is 0.256 e. The summed E-state index contributed by atoms with van der Waals surface area (Å²) in [4.78, 5) is 12.1. The molecule has 2 nitrogen and oxygen atoms in total. The number of aryl methyl sites for hydroxylation is 1. The smallest absolute Gasteiger partial charge is 0.256 e. The number of rotatable bonds is 1. The number of fused-ring (bicyclic) bond motifs is 1. The monoisotopic (exact) mass is 313 g/mol. The average Bonchev–Trinajstić information content (AvgIpc) is 2.69. The fraction of sp³-hybridized carbons (Fsp3) is 0.0625. The predicted octanol–water partition coefficient (Wildman–Crippen LogP) is 4.25. The van der Waals surface area contributed by atoms with Gasteiger partial charge in [-0.3, -0.25) is 4.79 Å². The van der Waals surface area contributed by atoms with E-state index >= 15 is 0 Å². The summed E-state index contributed by atoms with van der Waals surface area (Å²) in [6.07, 6.45) is 1.95. The van der Waals surface area contributed by atoms with E-state index in [1.807, 2.05) is 55.5 Å². The standard InChI is InChI=1S/C16H12BrNO/c1-10-4-2-3-5-11(10)8-14-13-9-12(17)6-7-15(13)18-16(14)19/h2-9H,1H3,(H,18,19)/b14-8-. The molecule has 0 aromatic heterocycles. The van der Waals surface area contributed by atoms with Crippen LogP contribution in [0.15, 0.2) is 46.9 Å². The minimum absolute atomic E-state index is 0.0450. The largest absolute Gasteiger partial charge is 0.321 e.